The Morgan fingerprint density at radius 3 is 1.75 bits per heavy atom. The summed E-state index contributed by atoms with van der Waals surface area (Å²) >= 11 is 2.70. The van der Waals surface area contributed by atoms with E-state index in [1.165, 1.54) is 49.0 Å². The van der Waals surface area contributed by atoms with E-state index in [2.05, 4.69) is 59.2 Å². The molecule has 6 aromatic carbocycles. The number of anilines is 1. The summed E-state index contributed by atoms with van der Waals surface area (Å²) in [4.78, 5) is 79.4. The molecule has 0 aliphatic carbocycles. The van der Waals surface area contributed by atoms with Gasteiger partial charge >= 0.3 is 17.9 Å². The Hall–Kier alpha value is -7.91. The summed E-state index contributed by atoms with van der Waals surface area (Å²) in [6.07, 6.45) is 3.03. The average molecular weight is 1210 g/mol. The van der Waals surface area contributed by atoms with E-state index < -0.39 is 52.8 Å². The highest BCUT2D eigenvalue weighted by Gasteiger charge is 2.55. The highest BCUT2D eigenvalue weighted by molar-refractivity contribution is 8.00. The van der Waals surface area contributed by atoms with Crippen molar-refractivity contribution in [3.63, 3.8) is 0 Å². The van der Waals surface area contributed by atoms with Crippen LogP contribution in [-0.4, -0.2) is 87.7 Å². The number of nitrogens with zero attached hydrogens (tertiary/aromatic N) is 4. The number of ether oxygens (including phenoxy) is 3. The molecule has 1 saturated heterocycles. The molecule has 18 heteroatoms. The van der Waals surface area contributed by atoms with Gasteiger partial charge in [-0.2, -0.15) is 0 Å². The van der Waals surface area contributed by atoms with Crippen LogP contribution in [0.3, 0.4) is 0 Å². The number of carbonyl (C=O) groups excluding carboxylic acids is 5. The third kappa shape index (κ3) is 11.9. The average Bonchev–Trinajstić information content (AvgIpc) is 4.19. The Morgan fingerprint density at radius 1 is 0.772 bits per heavy atom. The molecular weight excluding hydrogens is 1150 g/mol. The largest absolute Gasteiger partial charge is 1.00 e. The molecule has 0 bridgehead atoms. The molecule has 7 aromatic rings. The summed E-state index contributed by atoms with van der Waals surface area (Å²) in [6.45, 7) is 4.22. The Kier molecular flexibility index (Phi) is 17.2. The Balaban J connectivity index is 0.00000757. The van der Waals surface area contributed by atoms with Gasteiger partial charge in [0.15, 0.2) is 28.4 Å². The first-order valence-corrected chi connectivity index (χ1v) is 27.1. The van der Waals surface area contributed by atoms with Crippen molar-refractivity contribution in [2.45, 2.75) is 50.0 Å². The number of hydrogen-bond acceptors (Lipinski definition) is 14. The lowest BCUT2D eigenvalue weighted by Crippen LogP contribution is -3.00. The minimum atomic E-state index is -1.05. The van der Waals surface area contributed by atoms with Gasteiger partial charge in [0.2, 0.25) is 0 Å². The number of fused-ring (bicyclic) bond motifs is 2. The fourth-order valence-corrected chi connectivity index (χ4v) is 12.3. The number of β-lactam (4-membered cyclic amide) rings is 1. The van der Waals surface area contributed by atoms with E-state index in [4.69, 9.17) is 24.0 Å². The van der Waals surface area contributed by atoms with Crippen molar-refractivity contribution in [2.24, 2.45) is 5.16 Å². The van der Waals surface area contributed by atoms with Crippen molar-refractivity contribution in [3.8, 4) is 11.5 Å². The van der Waals surface area contributed by atoms with Gasteiger partial charge in [-0.25, -0.2) is 9.78 Å². The Bertz CT molecular complexity index is 3290. The number of hydrogen-bond donors (Lipinski definition) is 2. The van der Waals surface area contributed by atoms with Gasteiger partial charge in [-0.15, -0.1) is 23.1 Å². The van der Waals surface area contributed by atoms with Gasteiger partial charge in [-0.3, -0.25) is 24.1 Å². The van der Waals surface area contributed by atoms with Crippen molar-refractivity contribution in [2.75, 3.05) is 31.8 Å². The third-order valence-corrected chi connectivity index (χ3v) is 15.8. The monoisotopic (exact) mass is 1210 g/mol. The Morgan fingerprint density at radius 2 is 1.27 bits per heavy atom. The maximum absolute atomic E-state index is 14.9. The van der Waals surface area contributed by atoms with Crippen molar-refractivity contribution in [3.05, 3.63) is 237 Å². The van der Waals surface area contributed by atoms with Crippen LogP contribution in [0.25, 0.3) is 0 Å². The molecule has 1 unspecified atom stereocenters. The molecule has 79 heavy (non-hydrogen) atoms. The third-order valence-electron chi connectivity index (χ3n) is 13.7. The summed E-state index contributed by atoms with van der Waals surface area (Å²) < 4.78 is 17.8. The number of benzene rings is 6. The van der Waals surface area contributed by atoms with Gasteiger partial charge in [0.05, 0.1) is 13.6 Å². The number of oxime groups is 1. The first-order chi connectivity index (χ1) is 37.8. The first kappa shape index (κ1) is 55.8. The van der Waals surface area contributed by atoms with Crippen LogP contribution in [0, 0.1) is 0 Å². The zero-order chi connectivity index (χ0) is 54.4. The molecule has 15 nitrogen and oxygen atoms in total. The molecular formula is C61H55IN6O9S2. The van der Waals surface area contributed by atoms with Gasteiger partial charge in [-0.05, 0) is 51.6 Å². The molecule has 0 radical (unpaired) electrons. The number of esters is 3. The van der Waals surface area contributed by atoms with E-state index in [1.54, 1.807) is 17.5 Å². The van der Waals surface area contributed by atoms with Crippen LogP contribution < -0.4 is 44.1 Å². The molecule has 10 rings (SSSR count). The standard InChI is InChI=1S/C61H54N6O9S2.HI/c1-39(68)74-50-33-44-35-67(3,36-45(44)34-51(50)75-40(2)69)32-20-25-43-37-77-58-53(57(71)66(58)54(43)59(72)76-55(41-21-10-5-11-22-41)42-23-12-6-13-24-42)63-56(70)52(65-73-4)49-38-78-60(62-49)64-61(46-26-14-7-15-27-46,47-28-16-8-17-29-47)48-30-18-9-19-31-48;/h5-31,33-34,38,53,55,58H,32,35-37H2,1-4H3,(H-,62,63,64,70);1H/b25-20+,65-52-;/t53?,58-;/m1./s1. The number of likely N-dealkylation sites (N-methyl/N-ethyl adjacent to an activating group) is 1. The number of carbonyl (C=O) groups is 5. The molecule has 2 amide bonds. The molecule has 402 valence electrons. The van der Waals surface area contributed by atoms with Crippen LogP contribution in [0.2, 0.25) is 0 Å². The van der Waals surface area contributed by atoms with Crippen molar-refractivity contribution < 1.29 is 71.5 Å². The zero-order valence-corrected chi connectivity index (χ0v) is 47.3. The van der Waals surface area contributed by atoms with Crippen LogP contribution in [-0.2, 0) is 52.2 Å². The van der Waals surface area contributed by atoms with E-state index in [0.717, 1.165) is 38.9 Å². The number of thiazole rings is 1. The Labute approximate surface area is 482 Å². The maximum atomic E-state index is 14.9. The van der Waals surface area contributed by atoms with Crippen LogP contribution in [0.15, 0.2) is 198 Å². The number of allylic oxidation sites excluding steroid dienone is 1. The summed E-state index contributed by atoms with van der Waals surface area (Å²) in [6, 6.07) is 51.4. The number of amides is 2. The molecule has 3 aliphatic heterocycles. The highest BCUT2D eigenvalue weighted by Crippen LogP contribution is 2.44. The number of aromatic nitrogens is 1. The SMILES string of the molecule is CO/N=C(\C(=O)NC1C(=O)N2C(C(=O)OC(c3ccccc3)c3ccccc3)=C(/C=C/C[N+]3(C)Cc4cc(OC(C)=O)c(OC(C)=O)cc4C3)CS[C@H]12)c1csc(NC(c2ccccc2)(c2ccccc2)c2ccccc2)n1.[I-]. The number of thioether (sulfide) groups is 1. The molecule has 1 fully saturated rings. The molecule has 4 heterocycles. The van der Waals surface area contributed by atoms with Crippen molar-refractivity contribution in [1.29, 1.82) is 0 Å². The molecule has 0 saturated carbocycles. The normalized spacial score (nSPS) is 16.5. The van der Waals surface area contributed by atoms with Crippen LogP contribution in [0.5, 0.6) is 11.5 Å². The lowest BCUT2D eigenvalue weighted by molar-refractivity contribution is -0.923. The second-order valence-corrected chi connectivity index (χ2v) is 21.2. The van der Waals surface area contributed by atoms with E-state index in [-0.39, 0.29) is 52.6 Å². The smallest absolute Gasteiger partial charge is 0.356 e. The maximum Gasteiger partial charge on any atom is 0.356 e. The van der Waals surface area contributed by atoms with Gasteiger partial charge < -0.3 is 58.1 Å². The lowest BCUT2D eigenvalue weighted by atomic mass is 9.77. The van der Waals surface area contributed by atoms with Gasteiger partial charge in [0.1, 0.15) is 48.5 Å². The summed E-state index contributed by atoms with van der Waals surface area (Å²) in [5.41, 5.74) is 6.10. The minimum Gasteiger partial charge on any atom is -1.00 e. The van der Waals surface area contributed by atoms with Crippen LogP contribution in [0.4, 0.5) is 5.13 Å². The van der Waals surface area contributed by atoms with E-state index in [0.29, 0.717) is 40.6 Å². The first-order valence-electron chi connectivity index (χ1n) is 25.2. The number of halogens is 1. The summed E-state index contributed by atoms with van der Waals surface area (Å²) in [7, 11) is 3.41. The highest BCUT2D eigenvalue weighted by atomic mass is 127. The van der Waals surface area contributed by atoms with Crippen LogP contribution >= 0.6 is 23.1 Å². The van der Waals surface area contributed by atoms with Crippen LogP contribution in [0.1, 0.15) is 64.6 Å². The second-order valence-electron chi connectivity index (χ2n) is 19.3. The van der Waals surface area contributed by atoms with E-state index >= 15 is 0 Å². The fraction of sp³-hybridized carbons (Fsp3) is 0.197. The number of nitrogens with one attached hydrogen (secondary N) is 2. The molecule has 2 atom stereocenters. The molecule has 1 aromatic heterocycles. The lowest BCUT2D eigenvalue weighted by Gasteiger charge is -2.49. The quantitative estimate of drug-likeness (QED) is 0.0141. The van der Waals surface area contributed by atoms with Crippen molar-refractivity contribution >= 4 is 63.7 Å². The summed E-state index contributed by atoms with van der Waals surface area (Å²) in [5, 5.41) is 12.3. The number of quaternary nitrogens is 1. The molecule has 3 aliphatic rings. The fourth-order valence-electron chi connectivity index (χ4n) is 10.3. The second kappa shape index (κ2) is 24.4. The van der Waals surface area contributed by atoms with E-state index in [1.807, 2.05) is 127 Å². The minimum absolute atomic E-state index is 0. The van der Waals surface area contributed by atoms with Gasteiger partial charge in [-0.1, -0.05) is 163 Å². The van der Waals surface area contributed by atoms with Gasteiger partial charge in [0.25, 0.3) is 11.8 Å². The van der Waals surface area contributed by atoms with Crippen molar-refractivity contribution in [1.82, 2.24) is 15.2 Å². The molecule has 2 N–H and O–H groups in total. The zero-order valence-electron chi connectivity index (χ0n) is 43.5. The molecule has 0 spiro atoms. The predicted octanol–water partition coefficient (Wildman–Crippen LogP) is 6.46. The predicted molar refractivity (Wildman–Crippen MR) is 298 cm³/mol. The summed E-state index contributed by atoms with van der Waals surface area (Å²) in [5.74, 6) is -2.35. The van der Waals surface area contributed by atoms with Gasteiger partial charge in [0, 0.05) is 36.1 Å². The topological polar surface area (TPSA) is 175 Å². The van der Waals surface area contributed by atoms with E-state index in [9.17, 15) is 24.0 Å². The number of rotatable bonds is 18.